The molecule has 0 nitrogen and oxygen atoms in total. The van der Waals surface area contributed by atoms with Gasteiger partial charge in [0.25, 0.3) is 0 Å². The highest BCUT2D eigenvalue weighted by Gasteiger charge is 2.45. The molecule has 0 aromatic heterocycles. The van der Waals surface area contributed by atoms with Gasteiger partial charge in [-0.2, -0.15) is 0 Å². The smallest absolute Gasteiger partial charge is 0.00571 e. The van der Waals surface area contributed by atoms with E-state index >= 15 is 0 Å². The van der Waals surface area contributed by atoms with Gasteiger partial charge in [-0.05, 0) is 43.4 Å². The molecule has 2 rings (SSSR count). The molecule has 0 N–H and O–H groups in total. The van der Waals surface area contributed by atoms with E-state index in [4.69, 9.17) is 0 Å². The van der Waals surface area contributed by atoms with E-state index in [-0.39, 0.29) is 7.43 Å². The fraction of sp³-hybridized carbons (Fsp3) is 0.895. The van der Waals surface area contributed by atoms with E-state index in [1.807, 2.05) is 0 Å². The Morgan fingerprint density at radius 2 is 1.79 bits per heavy atom. The van der Waals surface area contributed by atoms with Crippen LogP contribution >= 0.6 is 0 Å². The second kappa shape index (κ2) is 9.61. The van der Waals surface area contributed by atoms with E-state index in [2.05, 4.69) is 33.8 Å². The van der Waals surface area contributed by atoms with Crippen molar-refractivity contribution in [2.75, 3.05) is 0 Å². The summed E-state index contributed by atoms with van der Waals surface area (Å²) in [5.41, 5.74) is 2.49. The van der Waals surface area contributed by atoms with E-state index < -0.39 is 0 Å². The van der Waals surface area contributed by atoms with E-state index in [0.29, 0.717) is 5.41 Å². The SMILES string of the molecule is C.CCC1=CCC[C@]12CCCC2CC.CCCCC. The van der Waals surface area contributed by atoms with Crippen LogP contribution in [-0.2, 0) is 0 Å². The zero-order chi connectivity index (χ0) is 13.4. The first-order valence-corrected chi connectivity index (χ1v) is 8.44. The van der Waals surface area contributed by atoms with Gasteiger partial charge in [0, 0.05) is 0 Å². The number of rotatable bonds is 4. The summed E-state index contributed by atoms with van der Waals surface area (Å²) in [7, 11) is 0. The van der Waals surface area contributed by atoms with Gasteiger partial charge in [0.15, 0.2) is 0 Å². The average Bonchev–Trinajstić information content (AvgIpc) is 2.99. The Morgan fingerprint density at radius 3 is 2.26 bits per heavy atom. The maximum Gasteiger partial charge on any atom is -0.00571 e. The summed E-state index contributed by atoms with van der Waals surface area (Å²) in [5.74, 6) is 1.01. The van der Waals surface area contributed by atoms with Gasteiger partial charge in [0.2, 0.25) is 0 Å². The van der Waals surface area contributed by atoms with Crippen LogP contribution in [0, 0.1) is 11.3 Å². The van der Waals surface area contributed by atoms with Crippen LogP contribution in [0.4, 0.5) is 0 Å². The highest BCUT2D eigenvalue weighted by Crippen LogP contribution is 2.56. The van der Waals surface area contributed by atoms with Crippen LogP contribution < -0.4 is 0 Å². The van der Waals surface area contributed by atoms with Gasteiger partial charge in [-0.15, -0.1) is 0 Å². The average molecular weight is 267 g/mol. The first-order valence-electron chi connectivity index (χ1n) is 8.44. The molecule has 0 heterocycles. The summed E-state index contributed by atoms with van der Waals surface area (Å²) in [6.07, 6.45) is 16.6. The summed E-state index contributed by atoms with van der Waals surface area (Å²) in [6, 6.07) is 0. The van der Waals surface area contributed by atoms with E-state index in [1.165, 1.54) is 64.2 Å². The Balaban J connectivity index is 0.000000471. The molecule has 1 saturated carbocycles. The van der Waals surface area contributed by atoms with Crippen LogP contribution in [0.2, 0.25) is 0 Å². The fourth-order valence-corrected chi connectivity index (χ4v) is 4.21. The third kappa shape index (κ3) is 4.36. The Bertz CT molecular complexity index is 249. The van der Waals surface area contributed by atoms with E-state index in [1.54, 1.807) is 5.57 Å². The summed E-state index contributed by atoms with van der Waals surface area (Å²) >= 11 is 0. The molecule has 1 unspecified atom stereocenters. The highest BCUT2D eigenvalue weighted by atomic mass is 14.5. The Hall–Kier alpha value is -0.260. The monoisotopic (exact) mass is 266 g/mol. The molecule has 2 aliphatic rings. The molecule has 0 radical (unpaired) electrons. The van der Waals surface area contributed by atoms with Crippen LogP contribution in [0.5, 0.6) is 0 Å². The van der Waals surface area contributed by atoms with Crippen molar-refractivity contribution in [2.24, 2.45) is 11.3 Å². The van der Waals surface area contributed by atoms with Crippen molar-refractivity contribution in [3.05, 3.63) is 11.6 Å². The number of hydrogen-bond acceptors (Lipinski definition) is 0. The molecular weight excluding hydrogens is 228 g/mol. The summed E-state index contributed by atoms with van der Waals surface area (Å²) in [6.45, 7) is 9.14. The van der Waals surface area contributed by atoms with Crippen LogP contribution in [0.15, 0.2) is 11.6 Å². The molecule has 0 aromatic carbocycles. The Kier molecular flexibility index (Phi) is 9.48. The molecule has 0 saturated heterocycles. The highest BCUT2D eigenvalue weighted by molar-refractivity contribution is 5.23. The molecule has 1 spiro atoms. The van der Waals surface area contributed by atoms with Gasteiger partial charge < -0.3 is 0 Å². The zero-order valence-corrected chi connectivity index (χ0v) is 13.2. The lowest BCUT2D eigenvalue weighted by atomic mass is 9.71. The Labute approximate surface area is 123 Å². The van der Waals surface area contributed by atoms with Crippen molar-refractivity contribution in [3.63, 3.8) is 0 Å². The molecule has 0 aromatic rings. The van der Waals surface area contributed by atoms with Crippen molar-refractivity contribution in [1.82, 2.24) is 0 Å². The van der Waals surface area contributed by atoms with E-state index in [9.17, 15) is 0 Å². The van der Waals surface area contributed by atoms with Gasteiger partial charge >= 0.3 is 0 Å². The lowest BCUT2D eigenvalue weighted by molar-refractivity contribution is 0.241. The molecule has 2 atom stereocenters. The molecule has 0 bridgehead atoms. The molecule has 2 aliphatic carbocycles. The topological polar surface area (TPSA) is 0 Å². The second-order valence-corrected chi connectivity index (χ2v) is 6.13. The van der Waals surface area contributed by atoms with Gasteiger partial charge in [0.1, 0.15) is 0 Å². The minimum atomic E-state index is 0. The molecular formula is C19H38. The van der Waals surface area contributed by atoms with Crippen LogP contribution in [0.25, 0.3) is 0 Å². The van der Waals surface area contributed by atoms with Crippen molar-refractivity contribution in [1.29, 1.82) is 0 Å². The standard InChI is InChI=1S/C13H22.C5H12.CH4/c1-3-11-7-5-9-13(11)10-6-8-12(13)4-2;1-3-5-4-2;/h7,12H,3-6,8-10H2,1-2H3;3-5H2,1-2H3;1H4/t12?,13-;;/m0../s1. The van der Waals surface area contributed by atoms with Gasteiger partial charge in [-0.1, -0.05) is 78.9 Å². The van der Waals surface area contributed by atoms with Gasteiger partial charge in [0.05, 0.1) is 0 Å². The van der Waals surface area contributed by atoms with Gasteiger partial charge in [-0.25, -0.2) is 0 Å². The van der Waals surface area contributed by atoms with Crippen LogP contribution in [-0.4, -0.2) is 0 Å². The molecule has 114 valence electrons. The zero-order valence-electron chi connectivity index (χ0n) is 13.2. The summed E-state index contributed by atoms with van der Waals surface area (Å²) in [4.78, 5) is 0. The number of hydrogen-bond donors (Lipinski definition) is 0. The third-order valence-corrected chi connectivity index (χ3v) is 5.16. The first kappa shape index (κ1) is 18.7. The third-order valence-electron chi connectivity index (χ3n) is 5.16. The van der Waals surface area contributed by atoms with E-state index in [0.717, 1.165) is 5.92 Å². The quantitative estimate of drug-likeness (QED) is 0.474. The maximum atomic E-state index is 2.54. The maximum absolute atomic E-state index is 2.54. The Morgan fingerprint density at radius 1 is 1.11 bits per heavy atom. The molecule has 0 amide bonds. The minimum Gasteiger partial charge on any atom is -0.0847 e. The predicted octanol–water partition coefficient (Wildman–Crippen LogP) is 7.15. The van der Waals surface area contributed by atoms with Crippen LogP contribution in [0.3, 0.4) is 0 Å². The minimum absolute atomic E-state index is 0. The second-order valence-electron chi connectivity index (χ2n) is 6.13. The molecule has 1 fully saturated rings. The summed E-state index contributed by atoms with van der Waals surface area (Å²) < 4.78 is 0. The lowest BCUT2D eigenvalue weighted by Gasteiger charge is -2.34. The van der Waals surface area contributed by atoms with Crippen molar-refractivity contribution in [2.45, 2.75) is 99.3 Å². The predicted molar refractivity (Wildman–Crippen MR) is 89.6 cm³/mol. The molecule has 0 heteroatoms. The summed E-state index contributed by atoms with van der Waals surface area (Å²) in [5, 5.41) is 0. The van der Waals surface area contributed by atoms with Crippen molar-refractivity contribution in [3.8, 4) is 0 Å². The molecule has 0 aliphatic heterocycles. The fourth-order valence-electron chi connectivity index (χ4n) is 4.21. The normalized spacial score (nSPS) is 28.6. The van der Waals surface area contributed by atoms with Crippen LogP contribution in [0.1, 0.15) is 99.3 Å². The van der Waals surface area contributed by atoms with Crippen molar-refractivity contribution < 1.29 is 0 Å². The number of unbranched alkanes of at least 4 members (excludes halogenated alkanes) is 2. The van der Waals surface area contributed by atoms with Crippen molar-refractivity contribution >= 4 is 0 Å². The lowest BCUT2D eigenvalue weighted by Crippen LogP contribution is -2.24. The first-order chi connectivity index (χ1) is 8.75. The largest absolute Gasteiger partial charge is 0.0847 e. The molecule has 19 heavy (non-hydrogen) atoms. The number of allylic oxidation sites excluding steroid dienone is 2. The van der Waals surface area contributed by atoms with Gasteiger partial charge in [-0.3, -0.25) is 0 Å².